The number of nitrogens with one attached hydrogen (secondary N) is 2. The molecule has 1 aliphatic carbocycles. The summed E-state index contributed by atoms with van der Waals surface area (Å²) in [6, 6.07) is -0.547. The minimum absolute atomic E-state index is 0.00962. The van der Waals surface area contributed by atoms with Crippen LogP contribution in [0.2, 0.25) is 0 Å². The molecule has 10 heteroatoms. The van der Waals surface area contributed by atoms with Crippen LogP contribution >= 0.6 is 0 Å². The van der Waals surface area contributed by atoms with E-state index in [0.717, 1.165) is 17.5 Å². The first-order chi connectivity index (χ1) is 12.1. The van der Waals surface area contributed by atoms with Crippen LogP contribution in [0.25, 0.3) is 0 Å². The smallest absolute Gasteiger partial charge is 0.325 e. The highest BCUT2D eigenvalue weighted by molar-refractivity contribution is 5.88. The summed E-state index contributed by atoms with van der Waals surface area (Å²) in [6.07, 6.45) is 5.38. The predicted octanol–water partition coefficient (Wildman–Crippen LogP) is 1.40. The predicted molar refractivity (Wildman–Crippen MR) is 92.3 cm³/mol. The first-order valence-electron chi connectivity index (χ1n) is 8.35. The lowest BCUT2D eigenvalue weighted by Gasteiger charge is -2.45. The molecular formula is C16H24N6O4. The van der Waals surface area contributed by atoms with Crippen LogP contribution in [0, 0.1) is 10.8 Å². The summed E-state index contributed by atoms with van der Waals surface area (Å²) in [5.74, 6) is -0.882. The van der Waals surface area contributed by atoms with Crippen molar-refractivity contribution < 1.29 is 19.5 Å². The molecule has 1 aliphatic rings. The van der Waals surface area contributed by atoms with Crippen molar-refractivity contribution in [1.29, 1.82) is 0 Å². The molecule has 10 nitrogen and oxygen atoms in total. The Morgan fingerprint density at radius 2 is 2.15 bits per heavy atom. The van der Waals surface area contributed by atoms with Gasteiger partial charge in [-0.1, -0.05) is 26.0 Å². The Morgan fingerprint density at radius 3 is 2.81 bits per heavy atom. The van der Waals surface area contributed by atoms with E-state index in [1.165, 1.54) is 6.20 Å². The lowest BCUT2D eigenvalue weighted by molar-refractivity contribution is -0.137. The average molecular weight is 364 g/mol. The van der Waals surface area contributed by atoms with Crippen molar-refractivity contribution in [3.63, 3.8) is 0 Å². The van der Waals surface area contributed by atoms with Crippen LogP contribution in [0.1, 0.15) is 40.0 Å². The van der Waals surface area contributed by atoms with Gasteiger partial charge in [-0.3, -0.25) is 10.1 Å². The van der Waals surface area contributed by atoms with E-state index in [2.05, 4.69) is 46.7 Å². The molecule has 2 unspecified atom stereocenters. The Bertz CT molecular complexity index is 724. The minimum atomic E-state index is -1.05. The second kappa shape index (κ2) is 7.65. The lowest BCUT2D eigenvalue weighted by Crippen LogP contribution is -2.45. The van der Waals surface area contributed by atoms with Gasteiger partial charge in [-0.15, -0.1) is 5.10 Å². The number of rotatable bonds is 6. The number of carboxylic acids is 1. The summed E-state index contributed by atoms with van der Waals surface area (Å²) in [7, 11) is 0. The second-order valence-electron chi connectivity index (χ2n) is 7.94. The van der Waals surface area contributed by atoms with E-state index in [9.17, 15) is 14.4 Å². The largest absolute Gasteiger partial charge is 0.480 e. The number of aliphatic carboxylic acids is 1. The van der Waals surface area contributed by atoms with E-state index in [-0.39, 0.29) is 29.2 Å². The van der Waals surface area contributed by atoms with Crippen LogP contribution in [0.15, 0.2) is 11.2 Å². The standard InChI is InChI=1S/C16H24N6O4/c1-15(2)4-11(18-10-23)5-16(3,8-15)9-17-14(26)19-12-6-22(21-20-12)7-13(24)25/h6,11H,4-5,7-9H2,1-3H3,(H,24,25)(H2,17,19,26). The molecule has 1 aromatic heterocycles. The van der Waals surface area contributed by atoms with Crippen molar-refractivity contribution in [1.82, 2.24) is 20.3 Å². The van der Waals surface area contributed by atoms with E-state index < -0.39 is 12.0 Å². The fourth-order valence-corrected chi connectivity index (χ4v) is 3.90. The highest BCUT2D eigenvalue weighted by atomic mass is 16.4. The lowest BCUT2D eigenvalue weighted by atomic mass is 9.63. The Labute approximate surface area is 151 Å². The molecule has 26 heavy (non-hydrogen) atoms. The maximum absolute atomic E-state index is 12.1. The molecular weight excluding hydrogens is 340 g/mol. The van der Waals surface area contributed by atoms with Crippen molar-refractivity contribution in [2.45, 2.75) is 52.6 Å². The Balaban J connectivity index is 1.91. The number of carbonyl (C=O) groups excluding carboxylic acids is 2. The summed E-state index contributed by atoms with van der Waals surface area (Å²) >= 11 is 0. The maximum atomic E-state index is 12.1. The molecule has 0 spiro atoms. The highest BCUT2D eigenvalue weighted by Crippen LogP contribution is 2.46. The topological polar surface area (TPSA) is 139 Å². The van der Waals surface area contributed by atoms with E-state index >= 15 is 0 Å². The summed E-state index contributed by atoms with van der Waals surface area (Å²) in [5.41, 5.74) is -0.194. The monoisotopic (exact) mass is 364 g/mol. The first kappa shape index (κ1) is 19.6. The van der Waals surface area contributed by atoms with Crippen LogP contribution in [0.5, 0.6) is 0 Å². The van der Waals surface area contributed by atoms with Crippen molar-refractivity contribution >= 4 is 23.9 Å². The van der Waals surface area contributed by atoms with Crippen molar-refractivity contribution in [3.05, 3.63) is 6.20 Å². The van der Waals surface area contributed by atoms with E-state index in [1.807, 2.05) is 0 Å². The third-order valence-electron chi connectivity index (χ3n) is 4.41. The molecule has 2 atom stereocenters. The summed E-state index contributed by atoms with van der Waals surface area (Å²) in [4.78, 5) is 37.2. The number of carbonyl (C=O) groups is 2. The van der Waals surface area contributed by atoms with Gasteiger partial charge in [0.1, 0.15) is 6.54 Å². The molecule has 2 rings (SSSR count). The van der Waals surface area contributed by atoms with Gasteiger partial charge >= 0.3 is 12.0 Å². The second-order valence-corrected chi connectivity index (χ2v) is 7.94. The minimum Gasteiger partial charge on any atom is -0.480 e. The Hall–Kier alpha value is -2.74. The average Bonchev–Trinajstić information content (AvgIpc) is 2.90. The fraction of sp³-hybridized carbons (Fsp3) is 0.688. The number of carboxylic acid groups (broad SMARTS) is 1. The molecule has 0 aromatic carbocycles. The normalized spacial score (nSPS) is 24.3. The van der Waals surface area contributed by atoms with Gasteiger partial charge in [-0.05, 0) is 30.1 Å². The summed E-state index contributed by atoms with van der Waals surface area (Å²) < 4.78 is 1.12. The molecule has 2 amide bonds. The molecule has 3 N–H and O–H groups in total. The molecule has 0 aliphatic heterocycles. The molecule has 0 saturated heterocycles. The molecule has 0 radical (unpaired) electrons. The summed E-state index contributed by atoms with van der Waals surface area (Å²) in [6.45, 7) is 6.39. The van der Waals surface area contributed by atoms with Crippen molar-refractivity contribution in [2.75, 3.05) is 11.9 Å². The molecule has 1 fully saturated rings. The number of amides is 2. The number of nitrogens with zero attached hydrogens (tertiary/aromatic N) is 4. The third kappa shape index (κ3) is 5.66. The molecule has 0 bridgehead atoms. The highest BCUT2D eigenvalue weighted by Gasteiger charge is 2.41. The number of urea groups is 1. The first-order valence-corrected chi connectivity index (χ1v) is 8.35. The van der Waals surface area contributed by atoms with Crippen molar-refractivity contribution in [3.8, 4) is 0 Å². The van der Waals surface area contributed by atoms with Gasteiger partial charge in [-0.2, -0.15) is 0 Å². The van der Waals surface area contributed by atoms with Crippen LogP contribution in [0.3, 0.4) is 0 Å². The number of hydrogen-bond donors (Lipinski definition) is 3. The number of aromatic nitrogens is 3. The quantitative estimate of drug-likeness (QED) is 0.515. The van der Waals surface area contributed by atoms with Crippen LogP contribution in [-0.2, 0) is 16.1 Å². The zero-order chi connectivity index (χ0) is 19.4. The zero-order valence-electron chi connectivity index (χ0n) is 15.2. The van der Waals surface area contributed by atoms with Gasteiger partial charge in [-0.25, -0.2) is 19.3 Å². The number of isocyanates is 1. The summed E-state index contributed by atoms with van der Waals surface area (Å²) in [5, 5.41) is 21.3. The van der Waals surface area contributed by atoms with Gasteiger partial charge in [0.05, 0.1) is 12.2 Å². The van der Waals surface area contributed by atoms with Gasteiger partial charge in [0.25, 0.3) is 0 Å². The fourth-order valence-electron chi connectivity index (χ4n) is 3.90. The molecule has 142 valence electrons. The third-order valence-corrected chi connectivity index (χ3v) is 4.41. The van der Waals surface area contributed by atoms with E-state index in [0.29, 0.717) is 13.0 Å². The van der Waals surface area contributed by atoms with Gasteiger partial charge in [0.2, 0.25) is 6.08 Å². The van der Waals surface area contributed by atoms with Crippen LogP contribution in [0.4, 0.5) is 10.6 Å². The molecule has 1 aromatic rings. The Morgan fingerprint density at radius 1 is 1.42 bits per heavy atom. The maximum Gasteiger partial charge on any atom is 0.325 e. The van der Waals surface area contributed by atoms with Gasteiger partial charge in [0, 0.05) is 6.54 Å². The van der Waals surface area contributed by atoms with E-state index in [4.69, 9.17) is 5.11 Å². The number of aliphatic imine (C=N–C) groups is 1. The van der Waals surface area contributed by atoms with Gasteiger partial charge in [0.15, 0.2) is 5.82 Å². The number of hydrogen-bond acceptors (Lipinski definition) is 6. The van der Waals surface area contributed by atoms with E-state index in [1.54, 1.807) is 6.08 Å². The van der Waals surface area contributed by atoms with Crippen LogP contribution in [-0.4, -0.2) is 50.8 Å². The number of anilines is 1. The Kier molecular flexibility index (Phi) is 5.76. The van der Waals surface area contributed by atoms with Gasteiger partial charge < -0.3 is 10.4 Å². The molecule has 1 heterocycles. The van der Waals surface area contributed by atoms with Crippen molar-refractivity contribution in [2.24, 2.45) is 15.8 Å². The SMILES string of the molecule is CC1(C)CC(N=C=O)CC(C)(CNC(=O)Nc2cn(CC(=O)O)nn2)C1. The van der Waals surface area contributed by atoms with Crippen LogP contribution < -0.4 is 10.6 Å². The zero-order valence-corrected chi connectivity index (χ0v) is 15.2. The molecule has 1 saturated carbocycles.